The van der Waals surface area contributed by atoms with Crippen LogP contribution in [0.25, 0.3) is 17.4 Å². The summed E-state index contributed by atoms with van der Waals surface area (Å²) >= 11 is 0. The van der Waals surface area contributed by atoms with Crippen LogP contribution in [-0.4, -0.2) is 17.5 Å². The molecule has 0 aliphatic carbocycles. The Hall–Kier alpha value is -3.40. The minimum atomic E-state index is -0.704. The molecule has 0 saturated heterocycles. The topological polar surface area (TPSA) is 106 Å². The van der Waals surface area contributed by atoms with Gasteiger partial charge in [0.2, 0.25) is 0 Å². The third-order valence-corrected chi connectivity index (χ3v) is 3.16. The second-order valence-electron chi connectivity index (χ2n) is 5.67. The highest BCUT2D eigenvalue weighted by Crippen LogP contribution is 2.25. The number of nitro groups is 1. The molecular formula is C18H16N2O5. The number of nitriles is 1. The Bertz CT molecular complexity index is 841. The fourth-order valence-electron chi connectivity index (χ4n) is 1.93. The highest BCUT2D eigenvalue weighted by Gasteiger charge is 2.13. The molecule has 0 amide bonds. The predicted molar refractivity (Wildman–Crippen MR) is 90.2 cm³/mol. The number of hydrogen-bond acceptors (Lipinski definition) is 6. The highest BCUT2D eigenvalue weighted by molar-refractivity contribution is 5.97. The number of rotatable bonds is 6. The summed E-state index contributed by atoms with van der Waals surface area (Å²) in [6.07, 6.45) is 1.30. The zero-order valence-electron chi connectivity index (χ0n) is 13.8. The van der Waals surface area contributed by atoms with Crippen LogP contribution in [0.3, 0.4) is 0 Å². The van der Waals surface area contributed by atoms with Gasteiger partial charge in [0.05, 0.1) is 11.5 Å². The molecule has 0 aliphatic heterocycles. The number of ether oxygens (including phenoxy) is 1. The van der Waals surface area contributed by atoms with Crippen LogP contribution in [0.15, 0.2) is 46.4 Å². The molecule has 7 nitrogen and oxygen atoms in total. The van der Waals surface area contributed by atoms with Crippen LogP contribution in [0.4, 0.5) is 5.69 Å². The summed E-state index contributed by atoms with van der Waals surface area (Å²) in [5.41, 5.74) is 0.464. The lowest BCUT2D eigenvalue weighted by atomic mass is 10.1. The number of esters is 1. The SMILES string of the molecule is CC(C)COC(=O)C(C#N)=Cc1ccc(-c2ccc([N+](=O)[O-])cc2)o1. The van der Waals surface area contributed by atoms with Crippen molar-refractivity contribution >= 4 is 17.7 Å². The predicted octanol–water partition coefficient (Wildman–Crippen LogP) is 3.96. The minimum Gasteiger partial charge on any atom is -0.461 e. The lowest BCUT2D eigenvalue weighted by Crippen LogP contribution is -2.11. The molecular weight excluding hydrogens is 324 g/mol. The molecule has 7 heteroatoms. The van der Waals surface area contributed by atoms with Gasteiger partial charge in [-0.15, -0.1) is 0 Å². The molecule has 0 fully saturated rings. The van der Waals surface area contributed by atoms with Crippen LogP contribution in [0, 0.1) is 27.4 Å². The van der Waals surface area contributed by atoms with Gasteiger partial charge in [0.1, 0.15) is 23.2 Å². The largest absolute Gasteiger partial charge is 0.461 e. The van der Waals surface area contributed by atoms with Crippen molar-refractivity contribution < 1.29 is 18.9 Å². The number of non-ortho nitro benzene ring substituents is 1. The molecule has 1 heterocycles. The summed E-state index contributed by atoms with van der Waals surface area (Å²) in [6, 6.07) is 10.9. The molecule has 2 rings (SSSR count). The van der Waals surface area contributed by atoms with E-state index in [2.05, 4.69) is 0 Å². The average molecular weight is 340 g/mol. The highest BCUT2D eigenvalue weighted by atomic mass is 16.6. The van der Waals surface area contributed by atoms with Gasteiger partial charge < -0.3 is 9.15 Å². The molecule has 0 radical (unpaired) electrons. The van der Waals surface area contributed by atoms with E-state index < -0.39 is 10.9 Å². The monoisotopic (exact) mass is 340 g/mol. The van der Waals surface area contributed by atoms with Gasteiger partial charge in [-0.05, 0) is 30.2 Å². The Morgan fingerprint density at radius 1 is 1.32 bits per heavy atom. The Labute approximate surface area is 144 Å². The van der Waals surface area contributed by atoms with Gasteiger partial charge in [-0.3, -0.25) is 10.1 Å². The fraction of sp³-hybridized carbons (Fsp3) is 0.222. The number of carbonyl (C=O) groups excluding carboxylic acids is 1. The van der Waals surface area contributed by atoms with Crippen molar-refractivity contribution in [1.29, 1.82) is 5.26 Å². The quantitative estimate of drug-likeness (QED) is 0.259. The molecule has 0 atom stereocenters. The summed E-state index contributed by atoms with van der Waals surface area (Å²) in [6.45, 7) is 4.02. The smallest absolute Gasteiger partial charge is 0.349 e. The van der Waals surface area contributed by atoms with E-state index in [1.807, 2.05) is 13.8 Å². The number of benzene rings is 1. The van der Waals surface area contributed by atoms with Crippen LogP contribution in [0.5, 0.6) is 0 Å². The van der Waals surface area contributed by atoms with Crippen molar-refractivity contribution in [2.45, 2.75) is 13.8 Å². The first-order chi connectivity index (χ1) is 11.9. The van der Waals surface area contributed by atoms with Crippen molar-refractivity contribution in [2.75, 3.05) is 6.61 Å². The Morgan fingerprint density at radius 2 is 2.00 bits per heavy atom. The van der Waals surface area contributed by atoms with Crippen LogP contribution >= 0.6 is 0 Å². The molecule has 1 aromatic carbocycles. The van der Waals surface area contributed by atoms with Gasteiger partial charge in [-0.25, -0.2) is 4.79 Å². The maximum Gasteiger partial charge on any atom is 0.349 e. The number of nitrogens with zero attached hydrogens (tertiary/aromatic N) is 2. The normalized spacial score (nSPS) is 11.2. The molecule has 0 unspecified atom stereocenters. The molecule has 1 aromatic heterocycles. The molecule has 0 N–H and O–H groups in total. The first-order valence-electron chi connectivity index (χ1n) is 7.54. The number of nitro benzene ring substituents is 1. The van der Waals surface area contributed by atoms with Gasteiger partial charge in [0.25, 0.3) is 5.69 Å². The van der Waals surface area contributed by atoms with Crippen LogP contribution in [0.2, 0.25) is 0 Å². The van der Waals surface area contributed by atoms with E-state index in [4.69, 9.17) is 14.4 Å². The summed E-state index contributed by atoms with van der Waals surface area (Å²) in [5, 5.41) is 19.8. The van der Waals surface area contributed by atoms with Crippen molar-refractivity contribution in [3.63, 3.8) is 0 Å². The van der Waals surface area contributed by atoms with Crippen LogP contribution in [-0.2, 0) is 9.53 Å². The van der Waals surface area contributed by atoms with Crippen molar-refractivity contribution in [3.05, 3.63) is 57.8 Å². The third-order valence-electron chi connectivity index (χ3n) is 3.16. The Kier molecular flexibility index (Phi) is 5.69. The maximum absolute atomic E-state index is 11.8. The molecule has 0 spiro atoms. The standard InChI is InChI=1S/C18H16N2O5/c1-12(2)11-24-18(21)14(10-19)9-16-7-8-17(25-16)13-3-5-15(6-4-13)20(22)23/h3-9,12H,11H2,1-2H3. The molecule has 0 bridgehead atoms. The second-order valence-corrected chi connectivity index (χ2v) is 5.67. The van der Waals surface area contributed by atoms with Gasteiger partial charge >= 0.3 is 5.97 Å². The van der Waals surface area contributed by atoms with Gasteiger partial charge in [-0.2, -0.15) is 5.26 Å². The lowest BCUT2D eigenvalue weighted by molar-refractivity contribution is -0.384. The first kappa shape index (κ1) is 17.9. The van der Waals surface area contributed by atoms with E-state index in [-0.39, 0.29) is 23.8 Å². The first-order valence-corrected chi connectivity index (χ1v) is 7.54. The van der Waals surface area contributed by atoms with Crippen LogP contribution in [0.1, 0.15) is 19.6 Å². The summed E-state index contributed by atoms with van der Waals surface area (Å²) in [4.78, 5) is 22.0. The van der Waals surface area contributed by atoms with Crippen molar-refractivity contribution in [2.24, 2.45) is 5.92 Å². The fourth-order valence-corrected chi connectivity index (χ4v) is 1.93. The molecule has 2 aromatic rings. The third kappa shape index (κ3) is 4.78. The lowest BCUT2D eigenvalue weighted by Gasteiger charge is -2.05. The minimum absolute atomic E-state index is 0.0184. The zero-order chi connectivity index (χ0) is 18.4. The van der Waals surface area contributed by atoms with Gasteiger partial charge in [0.15, 0.2) is 0 Å². The van der Waals surface area contributed by atoms with Gasteiger partial charge in [0, 0.05) is 23.8 Å². The van der Waals surface area contributed by atoms with Crippen molar-refractivity contribution in [1.82, 2.24) is 0 Å². The Balaban J connectivity index is 2.17. The number of hydrogen-bond donors (Lipinski definition) is 0. The van der Waals surface area contributed by atoms with E-state index >= 15 is 0 Å². The second kappa shape index (κ2) is 7.93. The van der Waals surface area contributed by atoms with Crippen molar-refractivity contribution in [3.8, 4) is 17.4 Å². The average Bonchev–Trinajstić information content (AvgIpc) is 3.06. The molecule has 128 valence electrons. The number of furan rings is 1. The molecule has 0 aliphatic rings. The number of carbonyl (C=O) groups is 1. The maximum atomic E-state index is 11.8. The van der Waals surface area contributed by atoms with E-state index in [0.29, 0.717) is 17.1 Å². The molecule has 0 saturated carbocycles. The van der Waals surface area contributed by atoms with Crippen LogP contribution < -0.4 is 0 Å². The van der Waals surface area contributed by atoms with Gasteiger partial charge in [-0.1, -0.05) is 13.8 Å². The summed E-state index contributed by atoms with van der Waals surface area (Å²) < 4.78 is 10.6. The summed E-state index contributed by atoms with van der Waals surface area (Å²) in [5.74, 6) is 0.242. The Morgan fingerprint density at radius 3 is 2.56 bits per heavy atom. The van der Waals surface area contributed by atoms with E-state index in [1.54, 1.807) is 30.3 Å². The molecule has 25 heavy (non-hydrogen) atoms. The summed E-state index contributed by atoms with van der Waals surface area (Å²) in [7, 11) is 0. The van der Waals surface area contributed by atoms with E-state index in [0.717, 1.165) is 0 Å². The zero-order valence-corrected chi connectivity index (χ0v) is 13.8. The van der Waals surface area contributed by atoms with E-state index in [9.17, 15) is 14.9 Å². The van der Waals surface area contributed by atoms with E-state index in [1.165, 1.54) is 18.2 Å².